The highest BCUT2D eigenvalue weighted by molar-refractivity contribution is 7.22. The van der Waals surface area contributed by atoms with Crippen molar-refractivity contribution >= 4 is 35.5 Å². The van der Waals surface area contributed by atoms with Crippen molar-refractivity contribution < 1.29 is 14.6 Å². The molecule has 0 aliphatic carbocycles. The molecular formula is C19H24N2O3SSi. The summed E-state index contributed by atoms with van der Waals surface area (Å²) in [4.78, 5) is 12.5. The zero-order valence-corrected chi connectivity index (χ0v) is 17.4. The smallest absolute Gasteiger partial charge is 0.339 e. The quantitative estimate of drug-likeness (QED) is 0.453. The summed E-state index contributed by atoms with van der Waals surface area (Å²) in [6.45, 7) is 9.90. The van der Waals surface area contributed by atoms with Gasteiger partial charge in [-0.3, -0.25) is 0 Å². The van der Waals surface area contributed by atoms with E-state index in [0.29, 0.717) is 12.3 Å². The van der Waals surface area contributed by atoms with Crippen molar-refractivity contribution in [3.05, 3.63) is 41.6 Å². The summed E-state index contributed by atoms with van der Waals surface area (Å²) in [5.41, 5.74) is 1.90. The van der Waals surface area contributed by atoms with Crippen molar-refractivity contribution in [3.63, 3.8) is 0 Å². The molecule has 2 heterocycles. The molecule has 0 saturated heterocycles. The van der Waals surface area contributed by atoms with Gasteiger partial charge >= 0.3 is 5.97 Å². The molecule has 0 saturated carbocycles. The molecule has 3 aromatic rings. The van der Waals surface area contributed by atoms with Crippen LogP contribution in [0.4, 0.5) is 0 Å². The Labute approximate surface area is 158 Å². The minimum Gasteiger partial charge on any atom is -0.478 e. The van der Waals surface area contributed by atoms with Crippen LogP contribution >= 0.6 is 11.3 Å². The fourth-order valence-electron chi connectivity index (χ4n) is 2.64. The number of hydrogen-bond donors (Lipinski definition) is 1. The van der Waals surface area contributed by atoms with Crippen LogP contribution in [0.1, 0.15) is 15.9 Å². The molecular weight excluding hydrogens is 364 g/mol. The molecule has 5 nitrogen and oxygen atoms in total. The Morgan fingerprint density at radius 1 is 1.31 bits per heavy atom. The highest BCUT2D eigenvalue weighted by Gasteiger charge is 2.19. The van der Waals surface area contributed by atoms with Crippen LogP contribution < -0.4 is 0 Å². The molecule has 0 aliphatic heterocycles. The van der Waals surface area contributed by atoms with Crippen LogP contribution in [0, 0.1) is 6.92 Å². The van der Waals surface area contributed by atoms with Crippen molar-refractivity contribution in [2.75, 3.05) is 6.61 Å². The van der Waals surface area contributed by atoms with E-state index in [4.69, 9.17) is 4.74 Å². The fourth-order valence-corrected chi connectivity index (χ4v) is 4.44. The number of aromatic nitrogens is 2. The van der Waals surface area contributed by atoms with Crippen molar-refractivity contribution in [3.8, 4) is 10.6 Å². The number of benzene rings is 1. The number of rotatable bonds is 7. The SMILES string of the molecule is Cc1ccc2sc(-c3nn(COCC[Si](C)(C)C)cc3C(=O)O)cc2c1. The van der Waals surface area contributed by atoms with Gasteiger partial charge in [-0.2, -0.15) is 5.10 Å². The Hall–Kier alpha value is -1.96. The Morgan fingerprint density at radius 2 is 2.08 bits per heavy atom. The average Bonchev–Trinajstić information content (AvgIpc) is 3.13. The molecule has 0 bridgehead atoms. The highest BCUT2D eigenvalue weighted by Crippen LogP contribution is 2.34. The third-order valence-corrected chi connectivity index (χ3v) is 6.94. The summed E-state index contributed by atoms with van der Waals surface area (Å²) >= 11 is 1.56. The van der Waals surface area contributed by atoms with Gasteiger partial charge in [0.15, 0.2) is 0 Å². The summed E-state index contributed by atoms with van der Waals surface area (Å²) in [7, 11) is -1.14. The van der Waals surface area contributed by atoms with E-state index in [2.05, 4.69) is 42.9 Å². The Balaban J connectivity index is 1.83. The first-order valence-corrected chi connectivity index (χ1v) is 13.1. The zero-order valence-electron chi connectivity index (χ0n) is 15.6. The molecule has 0 fully saturated rings. The van der Waals surface area contributed by atoms with Crippen molar-refractivity contribution in [2.45, 2.75) is 39.3 Å². The number of fused-ring (bicyclic) bond motifs is 1. The van der Waals surface area contributed by atoms with Gasteiger partial charge in [0.05, 0.1) is 4.88 Å². The molecule has 0 atom stereocenters. The second-order valence-electron chi connectivity index (χ2n) is 7.74. The number of carboxylic acids is 1. The summed E-state index contributed by atoms with van der Waals surface area (Å²) in [5, 5.41) is 15.2. The van der Waals surface area contributed by atoms with Crippen LogP contribution in [0.2, 0.25) is 25.7 Å². The first kappa shape index (κ1) is 18.8. The van der Waals surface area contributed by atoms with Crippen LogP contribution in [0.25, 0.3) is 20.7 Å². The first-order valence-electron chi connectivity index (χ1n) is 8.62. The lowest BCUT2D eigenvalue weighted by atomic mass is 10.1. The molecule has 0 radical (unpaired) electrons. The third kappa shape index (κ3) is 4.41. The molecule has 3 rings (SSSR count). The van der Waals surface area contributed by atoms with Gasteiger partial charge in [-0.1, -0.05) is 37.3 Å². The van der Waals surface area contributed by atoms with E-state index in [0.717, 1.165) is 21.0 Å². The van der Waals surface area contributed by atoms with Crippen molar-refractivity contribution in [2.24, 2.45) is 0 Å². The maximum absolute atomic E-state index is 11.7. The lowest BCUT2D eigenvalue weighted by Crippen LogP contribution is -2.22. The normalized spacial score (nSPS) is 12.0. The lowest BCUT2D eigenvalue weighted by Gasteiger charge is -2.15. The predicted molar refractivity (Wildman–Crippen MR) is 109 cm³/mol. The monoisotopic (exact) mass is 388 g/mol. The number of ether oxygens (including phenoxy) is 1. The number of thiophene rings is 1. The van der Waals surface area contributed by atoms with Crippen LogP contribution in [-0.2, 0) is 11.5 Å². The van der Waals surface area contributed by atoms with Gasteiger partial charge in [0, 0.05) is 25.6 Å². The topological polar surface area (TPSA) is 64.4 Å². The van der Waals surface area contributed by atoms with Crippen molar-refractivity contribution in [1.82, 2.24) is 9.78 Å². The van der Waals surface area contributed by atoms with E-state index in [-0.39, 0.29) is 12.3 Å². The Morgan fingerprint density at radius 3 is 2.77 bits per heavy atom. The Kier molecular flexibility index (Phi) is 5.31. The number of aromatic carboxylic acids is 1. The number of hydrogen-bond acceptors (Lipinski definition) is 4. The van der Waals surface area contributed by atoms with Crippen LogP contribution in [0.3, 0.4) is 0 Å². The fraction of sp³-hybridized carbons (Fsp3) is 0.368. The predicted octanol–water partition coefficient (Wildman–Crippen LogP) is 5.08. The van der Waals surface area contributed by atoms with Gasteiger partial charge in [-0.05, 0) is 30.5 Å². The standard InChI is InChI=1S/C19H24N2O3SSi/c1-13-5-6-16-14(9-13)10-17(25-16)18-15(19(22)23)11-21(20-18)12-24-7-8-26(2,3)4/h5-6,9-11H,7-8,12H2,1-4H3,(H,22,23). The van der Waals surface area contributed by atoms with E-state index in [9.17, 15) is 9.90 Å². The zero-order chi connectivity index (χ0) is 18.9. The van der Waals surface area contributed by atoms with Crippen LogP contribution in [0.5, 0.6) is 0 Å². The van der Waals surface area contributed by atoms with E-state index in [1.54, 1.807) is 22.2 Å². The van der Waals surface area contributed by atoms with Gasteiger partial charge < -0.3 is 9.84 Å². The summed E-state index contributed by atoms with van der Waals surface area (Å²) < 4.78 is 8.41. The van der Waals surface area contributed by atoms with E-state index < -0.39 is 14.0 Å². The van der Waals surface area contributed by atoms with Crippen molar-refractivity contribution in [1.29, 1.82) is 0 Å². The molecule has 26 heavy (non-hydrogen) atoms. The summed E-state index contributed by atoms with van der Waals surface area (Å²) in [5.74, 6) is -0.970. The number of nitrogens with zero attached hydrogens (tertiary/aromatic N) is 2. The molecule has 138 valence electrons. The van der Waals surface area contributed by atoms with E-state index in [1.165, 1.54) is 5.56 Å². The van der Waals surface area contributed by atoms with Crippen LogP contribution in [-0.4, -0.2) is 35.5 Å². The molecule has 0 amide bonds. The molecule has 7 heteroatoms. The molecule has 0 unspecified atom stereocenters. The minimum atomic E-state index is -1.14. The van der Waals surface area contributed by atoms with E-state index >= 15 is 0 Å². The van der Waals surface area contributed by atoms with Gasteiger partial charge in [0.25, 0.3) is 0 Å². The maximum Gasteiger partial charge on any atom is 0.339 e. The second kappa shape index (κ2) is 7.34. The average molecular weight is 389 g/mol. The molecule has 0 spiro atoms. The second-order valence-corrected chi connectivity index (χ2v) is 14.4. The number of carbonyl (C=O) groups is 1. The molecule has 1 aromatic carbocycles. The van der Waals surface area contributed by atoms with Crippen LogP contribution in [0.15, 0.2) is 30.5 Å². The lowest BCUT2D eigenvalue weighted by molar-refractivity contribution is 0.0693. The van der Waals surface area contributed by atoms with E-state index in [1.807, 2.05) is 13.0 Å². The van der Waals surface area contributed by atoms with Gasteiger partial charge in [0.1, 0.15) is 18.0 Å². The van der Waals surface area contributed by atoms with Gasteiger partial charge in [-0.15, -0.1) is 11.3 Å². The van der Waals surface area contributed by atoms with Gasteiger partial charge in [-0.25, -0.2) is 9.48 Å². The molecule has 0 aliphatic rings. The largest absolute Gasteiger partial charge is 0.478 e. The molecule has 1 N–H and O–H groups in total. The third-order valence-electron chi connectivity index (χ3n) is 4.12. The molecule has 2 aromatic heterocycles. The number of carboxylic acid groups (broad SMARTS) is 1. The number of aryl methyl sites for hydroxylation is 1. The first-order chi connectivity index (χ1) is 12.2. The maximum atomic E-state index is 11.7. The highest BCUT2D eigenvalue weighted by atomic mass is 32.1. The van der Waals surface area contributed by atoms with Gasteiger partial charge in [0.2, 0.25) is 0 Å². The summed E-state index contributed by atoms with van der Waals surface area (Å²) in [6.07, 6.45) is 1.56. The minimum absolute atomic E-state index is 0.210. The summed E-state index contributed by atoms with van der Waals surface area (Å²) in [6, 6.07) is 9.31. The Bertz CT molecular complexity index is 940.